The molecule has 0 saturated heterocycles. The Bertz CT molecular complexity index is 1600. The number of H-pyrrole nitrogens is 1. The van der Waals surface area contributed by atoms with E-state index in [4.69, 9.17) is 33.0 Å². The van der Waals surface area contributed by atoms with Gasteiger partial charge in [0.1, 0.15) is 12.2 Å². The van der Waals surface area contributed by atoms with E-state index in [2.05, 4.69) is 46.0 Å². The molecule has 0 aliphatic carbocycles. The third-order valence-corrected chi connectivity index (χ3v) is 5.95. The lowest BCUT2D eigenvalue weighted by atomic mass is 10.2. The molecule has 0 saturated carbocycles. The number of carbonyl (C=O) groups is 1. The highest BCUT2D eigenvalue weighted by Gasteiger charge is 2.15. The third kappa shape index (κ3) is 5.72. The van der Waals surface area contributed by atoms with E-state index in [0.717, 1.165) is 16.7 Å². The number of halogens is 2. The van der Waals surface area contributed by atoms with Crippen LogP contribution in [0.15, 0.2) is 30.9 Å². The quantitative estimate of drug-likeness (QED) is 0.119. The van der Waals surface area contributed by atoms with Gasteiger partial charge in [-0.2, -0.15) is 15.1 Å². The number of nitrogens with one attached hydrogen (secondary N) is 4. The van der Waals surface area contributed by atoms with Crippen molar-refractivity contribution in [3.8, 4) is 5.69 Å². The molecule has 5 rings (SSSR count). The lowest BCUT2D eigenvalue weighted by Crippen LogP contribution is -2.25. The van der Waals surface area contributed by atoms with Crippen molar-refractivity contribution in [3.63, 3.8) is 0 Å². The van der Waals surface area contributed by atoms with E-state index >= 15 is 0 Å². The molecule has 0 spiro atoms. The number of imidazole rings is 2. The molecule has 1 amide bonds. The van der Waals surface area contributed by atoms with Gasteiger partial charge in [0.25, 0.3) is 0 Å². The van der Waals surface area contributed by atoms with Crippen LogP contribution >= 0.6 is 23.2 Å². The number of rotatable bonds is 11. The standard InChI is InChI=1S/C22H23Cl2N11O3/c1-34-10-12(8-29-34)35-11-28-18-19(32-21(24)33-20(18)35)27-9-17-30-15-6-13(23)14(7-16(15)31-17)25-2-4-38-5-3-26-22(36)37/h6-8,10-11,25-26H,2-5,9H2,1H3,(H,30,31)(H,36,37)(H,27,32,33). The Kier molecular flexibility index (Phi) is 7.44. The summed E-state index contributed by atoms with van der Waals surface area (Å²) in [6.45, 7) is 1.72. The van der Waals surface area contributed by atoms with Gasteiger partial charge in [-0.15, -0.1) is 0 Å². The van der Waals surface area contributed by atoms with Crippen LogP contribution in [0.1, 0.15) is 5.82 Å². The molecule has 16 heteroatoms. The number of anilines is 2. The number of carboxylic acid groups (broad SMARTS) is 1. The molecule has 1 aromatic carbocycles. The molecule has 38 heavy (non-hydrogen) atoms. The number of aromatic nitrogens is 8. The molecule has 0 bridgehead atoms. The first-order valence-electron chi connectivity index (χ1n) is 11.5. The third-order valence-electron chi connectivity index (χ3n) is 5.47. The summed E-state index contributed by atoms with van der Waals surface area (Å²) >= 11 is 12.6. The number of aromatic amines is 1. The second-order valence-corrected chi connectivity index (χ2v) is 8.90. The average Bonchev–Trinajstić information content (AvgIpc) is 3.59. The summed E-state index contributed by atoms with van der Waals surface area (Å²) < 4.78 is 8.86. The van der Waals surface area contributed by atoms with Crippen molar-refractivity contribution < 1.29 is 14.6 Å². The zero-order chi connectivity index (χ0) is 26.6. The molecule has 0 unspecified atom stereocenters. The maximum Gasteiger partial charge on any atom is 0.404 e. The molecule has 5 N–H and O–H groups in total. The second kappa shape index (κ2) is 11.1. The fourth-order valence-electron chi connectivity index (χ4n) is 3.78. The first-order valence-corrected chi connectivity index (χ1v) is 12.2. The number of benzene rings is 1. The Hall–Kier alpha value is -4.14. The first-order chi connectivity index (χ1) is 18.4. The fourth-order valence-corrected chi connectivity index (χ4v) is 4.17. The summed E-state index contributed by atoms with van der Waals surface area (Å²) in [7, 11) is 1.83. The number of hydrogen-bond donors (Lipinski definition) is 5. The summed E-state index contributed by atoms with van der Waals surface area (Å²) in [5.74, 6) is 1.14. The molecule has 198 valence electrons. The van der Waals surface area contributed by atoms with Crippen LogP contribution in [-0.2, 0) is 18.3 Å². The van der Waals surface area contributed by atoms with Crippen LogP contribution in [0.4, 0.5) is 16.3 Å². The van der Waals surface area contributed by atoms with E-state index < -0.39 is 6.09 Å². The lowest BCUT2D eigenvalue weighted by Gasteiger charge is -2.09. The minimum absolute atomic E-state index is 0.0832. The maximum absolute atomic E-state index is 10.4. The summed E-state index contributed by atoms with van der Waals surface area (Å²) in [6, 6.07) is 3.64. The second-order valence-electron chi connectivity index (χ2n) is 8.16. The average molecular weight is 560 g/mol. The summed E-state index contributed by atoms with van der Waals surface area (Å²) in [5, 5.41) is 22.0. The fraction of sp³-hybridized carbons (Fsp3) is 0.273. The molecule has 14 nitrogen and oxygen atoms in total. The van der Waals surface area contributed by atoms with E-state index in [1.54, 1.807) is 27.8 Å². The Morgan fingerprint density at radius 1 is 1.16 bits per heavy atom. The van der Waals surface area contributed by atoms with Crippen molar-refractivity contribution in [3.05, 3.63) is 47.0 Å². The zero-order valence-corrected chi connectivity index (χ0v) is 21.6. The van der Waals surface area contributed by atoms with Crippen LogP contribution in [0.25, 0.3) is 27.9 Å². The topological polar surface area (TPSA) is 173 Å². The van der Waals surface area contributed by atoms with Gasteiger partial charge in [-0.05, 0) is 23.7 Å². The van der Waals surface area contributed by atoms with Crippen LogP contribution in [0.2, 0.25) is 10.3 Å². The number of amides is 1. The van der Waals surface area contributed by atoms with Gasteiger partial charge in [-0.3, -0.25) is 9.25 Å². The van der Waals surface area contributed by atoms with Gasteiger partial charge in [0.05, 0.1) is 53.4 Å². The van der Waals surface area contributed by atoms with E-state index in [1.807, 2.05) is 19.3 Å². The minimum atomic E-state index is -1.08. The molecule has 0 atom stereocenters. The number of ether oxygens (including phenoxy) is 1. The largest absolute Gasteiger partial charge is 0.465 e. The van der Waals surface area contributed by atoms with Gasteiger partial charge in [-0.1, -0.05) is 11.6 Å². The van der Waals surface area contributed by atoms with Crippen LogP contribution in [0.3, 0.4) is 0 Å². The minimum Gasteiger partial charge on any atom is -0.465 e. The van der Waals surface area contributed by atoms with Gasteiger partial charge in [0, 0.05) is 26.3 Å². The van der Waals surface area contributed by atoms with Crippen molar-refractivity contribution in [2.24, 2.45) is 7.05 Å². The van der Waals surface area contributed by atoms with Crippen molar-refractivity contribution in [2.75, 3.05) is 36.9 Å². The molecule has 0 aliphatic heterocycles. The zero-order valence-electron chi connectivity index (χ0n) is 20.1. The van der Waals surface area contributed by atoms with E-state index in [1.165, 1.54) is 0 Å². The molecule has 4 aromatic heterocycles. The van der Waals surface area contributed by atoms with Gasteiger partial charge >= 0.3 is 6.09 Å². The van der Waals surface area contributed by atoms with Gasteiger partial charge < -0.3 is 30.8 Å². The summed E-state index contributed by atoms with van der Waals surface area (Å²) in [4.78, 5) is 31.4. The van der Waals surface area contributed by atoms with Crippen LogP contribution in [0, 0.1) is 0 Å². The lowest BCUT2D eigenvalue weighted by molar-refractivity contribution is 0.141. The van der Waals surface area contributed by atoms with E-state index in [-0.39, 0.29) is 18.4 Å². The highest BCUT2D eigenvalue weighted by molar-refractivity contribution is 6.34. The monoisotopic (exact) mass is 559 g/mol. The van der Waals surface area contributed by atoms with Crippen molar-refractivity contribution in [1.29, 1.82) is 0 Å². The highest BCUT2D eigenvalue weighted by Crippen LogP contribution is 2.28. The Morgan fingerprint density at radius 3 is 2.79 bits per heavy atom. The Labute approximate surface area is 225 Å². The maximum atomic E-state index is 10.4. The number of hydrogen-bond acceptors (Lipinski definition) is 9. The smallest absolute Gasteiger partial charge is 0.404 e. The first kappa shape index (κ1) is 25.5. The predicted molar refractivity (Wildman–Crippen MR) is 142 cm³/mol. The molecule has 0 aliphatic rings. The molecule has 0 radical (unpaired) electrons. The van der Waals surface area contributed by atoms with Crippen molar-refractivity contribution >= 4 is 63.0 Å². The Morgan fingerprint density at radius 2 is 2.00 bits per heavy atom. The van der Waals surface area contributed by atoms with Crippen LogP contribution < -0.4 is 16.0 Å². The summed E-state index contributed by atoms with van der Waals surface area (Å²) in [5.41, 5.74) is 4.13. The highest BCUT2D eigenvalue weighted by atomic mass is 35.5. The number of nitrogens with zero attached hydrogens (tertiary/aromatic N) is 7. The molecule has 5 aromatic rings. The summed E-state index contributed by atoms with van der Waals surface area (Å²) in [6.07, 6.45) is 4.12. The van der Waals surface area contributed by atoms with E-state index in [9.17, 15) is 4.79 Å². The van der Waals surface area contributed by atoms with Gasteiger partial charge in [0.2, 0.25) is 5.28 Å². The Balaban J connectivity index is 1.25. The molecular formula is C22H23Cl2N11O3. The van der Waals surface area contributed by atoms with Gasteiger partial charge in [-0.25, -0.2) is 14.8 Å². The molecule has 0 fully saturated rings. The predicted octanol–water partition coefficient (Wildman–Crippen LogP) is 3.04. The number of fused-ring (bicyclic) bond motifs is 2. The molecular weight excluding hydrogens is 537 g/mol. The normalized spacial score (nSPS) is 11.3. The SMILES string of the molecule is Cn1cc(-n2cnc3c(NCc4nc5cc(NCCOCCNC(=O)O)c(Cl)cc5[nH]4)nc(Cl)nc32)cn1. The van der Waals surface area contributed by atoms with Crippen LogP contribution in [0.5, 0.6) is 0 Å². The number of aryl methyl sites for hydroxylation is 1. The van der Waals surface area contributed by atoms with E-state index in [0.29, 0.717) is 53.2 Å². The molecule has 4 heterocycles. The van der Waals surface area contributed by atoms with Gasteiger partial charge in [0.15, 0.2) is 17.0 Å². The van der Waals surface area contributed by atoms with Crippen molar-refractivity contribution in [1.82, 2.24) is 44.6 Å². The van der Waals surface area contributed by atoms with Crippen LogP contribution in [-0.4, -0.2) is 76.8 Å². The van der Waals surface area contributed by atoms with Crippen molar-refractivity contribution in [2.45, 2.75) is 6.54 Å².